The summed E-state index contributed by atoms with van der Waals surface area (Å²) < 4.78 is 26.6. The summed E-state index contributed by atoms with van der Waals surface area (Å²) in [6.45, 7) is 4.96. The molecule has 2 rings (SSSR count). The van der Waals surface area contributed by atoms with Crippen molar-refractivity contribution in [3.8, 4) is 6.07 Å². The van der Waals surface area contributed by atoms with Gasteiger partial charge in [0.05, 0.1) is 0 Å². The monoisotopic (exact) mass is 297 g/mol. The Hall–Kier alpha value is -1.10. The summed E-state index contributed by atoms with van der Waals surface area (Å²) in [4.78, 5) is 3.83. The lowest BCUT2D eigenvalue weighted by Crippen LogP contribution is -2.44. The zero-order valence-corrected chi connectivity index (χ0v) is 12.4. The predicted octanol–water partition coefficient (Wildman–Crippen LogP) is 1.47. The topological polar surface area (TPSA) is 74.1 Å². The first-order chi connectivity index (χ1) is 8.95. The number of aromatic nitrogens is 1. The largest absolute Gasteiger partial charge is 0.246 e. The van der Waals surface area contributed by atoms with E-state index in [1.807, 2.05) is 19.9 Å². The molecule has 1 fully saturated rings. The third-order valence-electron chi connectivity index (χ3n) is 2.88. The number of pyridine rings is 1. The van der Waals surface area contributed by atoms with E-state index in [0.717, 1.165) is 0 Å². The first kappa shape index (κ1) is 14.3. The van der Waals surface area contributed by atoms with Crippen LogP contribution in [-0.2, 0) is 10.0 Å². The lowest BCUT2D eigenvalue weighted by atomic mass is 10.4. The van der Waals surface area contributed by atoms with E-state index in [-0.39, 0.29) is 21.1 Å². The highest BCUT2D eigenvalue weighted by Crippen LogP contribution is 2.29. The van der Waals surface area contributed by atoms with Gasteiger partial charge >= 0.3 is 0 Å². The molecule has 0 amide bonds. The summed E-state index contributed by atoms with van der Waals surface area (Å²) in [5.41, 5.74) is -0.0407. The van der Waals surface area contributed by atoms with Crippen LogP contribution in [0.1, 0.15) is 19.5 Å². The fourth-order valence-electron chi connectivity index (χ4n) is 2.15. The first-order valence-corrected chi connectivity index (χ1v) is 8.34. The van der Waals surface area contributed by atoms with E-state index in [4.69, 9.17) is 5.26 Å². The maximum atomic E-state index is 12.6. The van der Waals surface area contributed by atoms with E-state index >= 15 is 0 Å². The van der Waals surface area contributed by atoms with Gasteiger partial charge in [-0.1, -0.05) is 13.8 Å². The summed E-state index contributed by atoms with van der Waals surface area (Å²) in [7, 11) is -3.64. The minimum atomic E-state index is -3.64. The molecule has 1 aromatic heterocycles. The molecule has 0 aromatic carbocycles. The Labute approximate surface area is 117 Å². The highest BCUT2D eigenvalue weighted by atomic mass is 32.2. The molecule has 2 unspecified atom stereocenters. The van der Waals surface area contributed by atoms with Crippen molar-refractivity contribution >= 4 is 21.8 Å². The van der Waals surface area contributed by atoms with E-state index < -0.39 is 10.0 Å². The van der Waals surface area contributed by atoms with Crippen molar-refractivity contribution in [3.05, 3.63) is 24.0 Å². The summed E-state index contributed by atoms with van der Waals surface area (Å²) in [6, 6.07) is 4.82. The molecule has 1 aromatic rings. The average molecular weight is 297 g/mol. The number of hydrogen-bond acceptors (Lipinski definition) is 5. The highest BCUT2D eigenvalue weighted by Gasteiger charge is 2.33. The quantitative estimate of drug-likeness (QED) is 0.826. The molecule has 1 aliphatic heterocycles. The zero-order valence-electron chi connectivity index (χ0n) is 10.8. The first-order valence-electron chi connectivity index (χ1n) is 5.96. The van der Waals surface area contributed by atoms with Gasteiger partial charge in [0.1, 0.15) is 11.0 Å². The van der Waals surface area contributed by atoms with Crippen molar-refractivity contribution in [2.24, 2.45) is 0 Å². The fraction of sp³-hybridized carbons (Fsp3) is 0.500. The van der Waals surface area contributed by atoms with Crippen LogP contribution in [0.3, 0.4) is 0 Å². The van der Waals surface area contributed by atoms with E-state index in [1.54, 1.807) is 17.8 Å². The second-order valence-electron chi connectivity index (χ2n) is 4.54. The van der Waals surface area contributed by atoms with E-state index in [1.165, 1.54) is 16.6 Å². The standard InChI is InChI=1S/C12H15N3O2S2/c1-9-7-15(8-10(2)18-9)19(16,17)12-4-3-5-14-11(12)6-13/h3-5,9-10H,7-8H2,1-2H3. The molecule has 0 aliphatic carbocycles. The molecule has 2 heterocycles. The Kier molecular flexibility index (Phi) is 4.13. The molecule has 0 bridgehead atoms. The number of nitriles is 1. The molecule has 0 radical (unpaired) electrons. The van der Waals surface area contributed by atoms with Crippen molar-refractivity contribution in [3.63, 3.8) is 0 Å². The van der Waals surface area contributed by atoms with Crippen LogP contribution in [0.15, 0.2) is 23.2 Å². The van der Waals surface area contributed by atoms with Crippen LogP contribution in [-0.4, -0.2) is 41.3 Å². The van der Waals surface area contributed by atoms with Gasteiger partial charge in [-0.3, -0.25) is 0 Å². The van der Waals surface area contributed by atoms with Crippen LogP contribution < -0.4 is 0 Å². The van der Waals surface area contributed by atoms with Crippen molar-refractivity contribution < 1.29 is 8.42 Å². The molecule has 7 heteroatoms. The fourth-order valence-corrected chi connectivity index (χ4v) is 5.37. The maximum Gasteiger partial charge on any atom is 0.246 e. The molecule has 19 heavy (non-hydrogen) atoms. The van der Waals surface area contributed by atoms with Gasteiger partial charge in [0.25, 0.3) is 0 Å². The number of thioether (sulfide) groups is 1. The van der Waals surface area contributed by atoms with Crippen LogP contribution in [0.25, 0.3) is 0 Å². The lowest BCUT2D eigenvalue weighted by molar-refractivity contribution is 0.404. The second-order valence-corrected chi connectivity index (χ2v) is 8.33. The lowest BCUT2D eigenvalue weighted by Gasteiger charge is -2.33. The molecule has 1 aliphatic rings. The molecule has 102 valence electrons. The Balaban J connectivity index is 2.40. The van der Waals surface area contributed by atoms with Gasteiger partial charge in [0.2, 0.25) is 10.0 Å². The van der Waals surface area contributed by atoms with Gasteiger partial charge in [-0.25, -0.2) is 13.4 Å². The molecular weight excluding hydrogens is 282 g/mol. The van der Waals surface area contributed by atoms with Crippen LogP contribution >= 0.6 is 11.8 Å². The maximum absolute atomic E-state index is 12.6. The van der Waals surface area contributed by atoms with E-state index in [9.17, 15) is 8.42 Å². The Bertz CT molecular complexity index is 600. The Morgan fingerprint density at radius 3 is 2.63 bits per heavy atom. The number of nitrogens with zero attached hydrogens (tertiary/aromatic N) is 3. The minimum absolute atomic E-state index is 0.00352. The van der Waals surface area contributed by atoms with E-state index in [2.05, 4.69) is 4.98 Å². The second kappa shape index (κ2) is 5.49. The van der Waals surface area contributed by atoms with Crippen LogP contribution in [0.2, 0.25) is 0 Å². The van der Waals surface area contributed by atoms with Gasteiger partial charge in [-0.05, 0) is 12.1 Å². The molecule has 0 saturated carbocycles. The number of sulfonamides is 1. The van der Waals surface area contributed by atoms with Crippen molar-refractivity contribution in [2.45, 2.75) is 29.2 Å². The van der Waals surface area contributed by atoms with Gasteiger partial charge in [-0.2, -0.15) is 21.3 Å². The third kappa shape index (κ3) is 2.91. The Morgan fingerprint density at radius 2 is 2.05 bits per heavy atom. The number of hydrogen-bond donors (Lipinski definition) is 0. The molecule has 5 nitrogen and oxygen atoms in total. The summed E-state index contributed by atoms with van der Waals surface area (Å²) in [5, 5.41) is 9.49. The van der Waals surface area contributed by atoms with Gasteiger partial charge in [0, 0.05) is 29.8 Å². The average Bonchev–Trinajstić information content (AvgIpc) is 2.37. The minimum Gasteiger partial charge on any atom is -0.244 e. The molecular formula is C12H15N3O2S2. The van der Waals surface area contributed by atoms with E-state index in [0.29, 0.717) is 13.1 Å². The molecule has 0 N–H and O–H groups in total. The highest BCUT2D eigenvalue weighted by molar-refractivity contribution is 8.00. The normalized spacial score (nSPS) is 24.9. The summed E-state index contributed by atoms with van der Waals surface area (Å²) in [5.74, 6) is 0. The third-order valence-corrected chi connectivity index (χ3v) is 5.97. The summed E-state index contributed by atoms with van der Waals surface area (Å²) >= 11 is 1.78. The molecule has 0 spiro atoms. The predicted molar refractivity (Wildman–Crippen MR) is 74.2 cm³/mol. The van der Waals surface area contributed by atoms with Crippen LogP contribution in [0.4, 0.5) is 0 Å². The smallest absolute Gasteiger partial charge is 0.244 e. The molecule has 2 atom stereocenters. The van der Waals surface area contributed by atoms with Crippen LogP contribution in [0.5, 0.6) is 0 Å². The van der Waals surface area contributed by atoms with Gasteiger partial charge in [-0.15, -0.1) is 0 Å². The van der Waals surface area contributed by atoms with Gasteiger partial charge in [0.15, 0.2) is 5.69 Å². The van der Waals surface area contributed by atoms with Crippen molar-refractivity contribution in [2.75, 3.05) is 13.1 Å². The van der Waals surface area contributed by atoms with Crippen LogP contribution in [0, 0.1) is 11.3 Å². The molecule has 1 saturated heterocycles. The zero-order chi connectivity index (χ0) is 14.0. The van der Waals surface area contributed by atoms with Crippen molar-refractivity contribution in [1.29, 1.82) is 5.26 Å². The van der Waals surface area contributed by atoms with Gasteiger partial charge < -0.3 is 0 Å². The Morgan fingerprint density at radius 1 is 1.42 bits per heavy atom. The summed E-state index contributed by atoms with van der Waals surface area (Å²) in [6.07, 6.45) is 1.43. The van der Waals surface area contributed by atoms with Crippen molar-refractivity contribution in [1.82, 2.24) is 9.29 Å². The number of rotatable bonds is 2. The SMILES string of the molecule is CC1CN(S(=O)(=O)c2cccnc2C#N)CC(C)S1.